The number of nitrogens with one attached hydrogen (secondary N) is 1. The second-order valence-corrected chi connectivity index (χ2v) is 6.34. The first kappa shape index (κ1) is 16.1. The molecule has 126 valence electrons. The van der Waals surface area contributed by atoms with Gasteiger partial charge in [-0.05, 0) is 30.9 Å². The molecule has 0 bridgehead atoms. The fourth-order valence-electron chi connectivity index (χ4n) is 3.51. The number of likely N-dealkylation sites (tertiary alicyclic amines) is 1. The highest BCUT2D eigenvalue weighted by Crippen LogP contribution is 2.34. The molecular formula is C18H26N2O3. The van der Waals surface area contributed by atoms with Gasteiger partial charge < -0.3 is 19.7 Å². The standard InChI is InChI=1S/C18H26N2O3/c1-3-17(21)20-9-7-14(8-10-20)19-15-11-13-5-4-6-16(22-2)18(13)23-12-15/h4-6,14-15,19H,3,7-12H2,1-2H3/t15-/m1/s1. The van der Waals surface area contributed by atoms with Crippen LogP contribution in [0.4, 0.5) is 0 Å². The van der Waals surface area contributed by atoms with E-state index in [-0.39, 0.29) is 5.91 Å². The van der Waals surface area contributed by atoms with Crippen molar-refractivity contribution in [2.75, 3.05) is 26.8 Å². The lowest BCUT2D eigenvalue weighted by atomic mass is 9.98. The normalized spacial score (nSPS) is 21.5. The molecule has 1 atom stereocenters. The van der Waals surface area contributed by atoms with Gasteiger partial charge >= 0.3 is 0 Å². The van der Waals surface area contributed by atoms with Crippen LogP contribution in [0.3, 0.4) is 0 Å². The lowest BCUT2D eigenvalue weighted by Gasteiger charge is -2.36. The number of para-hydroxylation sites is 1. The predicted molar refractivity (Wildman–Crippen MR) is 89.0 cm³/mol. The first-order valence-corrected chi connectivity index (χ1v) is 8.53. The number of methoxy groups -OCH3 is 1. The zero-order chi connectivity index (χ0) is 16.2. The van der Waals surface area contributed by atoms with Gasteiger partial charge in [0.1, 0.15) is 6.61 Å². The molecule has 0 aliphatic carbocycles. The van der Waals surface area contributed by atoms with Gasteiger partial charge in [-0.1, -0.05) is 19.1 Å². The number of nitrogens with zero attached hydrogens (tertiary/aromatic N) is 1. The van der Waals surface area contributed by atoms with Crippen LogP contribution >= 0.6 is 0 Å². The molecule has 0 radical (unpaired) electrons. The summed E-state index contributed by atoms with van der Waals surface area (Å²) in [5.41, 5.74) is 1.20. The summed E-state index contributed by atoms with van der Waals surface area (Å²) < 4.78 is 11.3. The van der Waals surface area contributed by atoms with E-state index in [4.69, 9.17) is 9.47 Å². The van der Waals surface area contributed by atoms with Crippen molar-refractivity contribution in [3.05, 3.63) is 23.8 Å². The minimum Gasteiger partial charge on any atom is -0.493 e. The predicted octanol–water partition coefficient (Wildman–Crippen LogP) is 1.99. The Hall–Kier alpha value is -1.75. The van der Waals surface area contributed by atoms with Crippen LogP contribution in [0.5, 0.6) is 11.5 Å². The van der Waals surface area contributed by atoms with E-state index in [9.17, 15) is 4.79 Å². The summed E-state index contributed by atoms with van der Waals surface area (Å²) in [6.07, 6.45) is 3.61. The van der Waals surface area contributed by atoms with Crippen LogP contribution in [0.1, 0.15) is 31.7 Å². The molecule has 0 saturated carbocycles. The quantitative estimate of drug-likeness (QED) is 0.922. The van der Waals surface area contributed by atoms with Crippen LogP contribution in [0.15, 0.2) is 18.2 Å². The number of rotatable bonds is 4. The van der Waals surface area contributed by atoms with E-state index in [1.54, 1.807) is 7.11 Å². The highest BCUT2D eigenvalue weighted by atomic mass is 16.5. The molecule has 2 aliphatic heterocycles. The number of piperidine rings is 1. The Balaban J connectivity index is 1.54. The van der Waals surface area contributed by atoms with Gasteiger partial charge in [-0.15, -0.1) is 0 Å². The van der Waals surface area contributed by atoms with Crippen molar-refractivity contribution in [2.45, 2.75) is 44.7 Å². The molecule has 1 amide bonds. The van der Waals surface area contributed by atoms with Crippen molar-refractivity contribution < 1.29 is 14.3 Å². The van der Waals surface area contributed by atoms with Crippen molar-refractivity contribution in [3.63, 3.8) is 0 Å². The fraction of sp³-hybridized carbons (Fsp3) is 0.611. The Bertz CT molecular complexity index is 553. The molecule has 3 rings (SSSR count). The molecule has 1 aromatic rings. The van der Waals surface area contributed by atoms with Gasteiger partial charge in [0.15, 0.2) is 11.5 Å². The number of benzene rings is 1. The van der Waals surface area contributed by atoms with Crippen molar-refractivity contribution in [1.29, 1.82) is 0 Å². The second-order valence-electron chi connectivity index (χ2n) is 6.34. The SMILES string of the molecule is CCC(=O)N1CCC(N[C@H]2COc3c(cccc3OC)C2)CC1. The van der Waals surface area contributed by atoms with E-state index in [0.29, 0.717) is 25.1 Å². The lowest BCUT2D eigenvalue weighted by Crippen LogP contribution is -2.50. The zero-order valence-corrected chi connectivity index (χ0v) is 14.0. The van der Waals surface area contributed by atoms with Crippen molar-refractivity contribution in [1.82, 2.24) is 10.2 Å². The molecule has 0 unspecified atom stereocenters. The number of hydrogen-bond acceptors (Lipinski definition) is 4. The Morgan fingerprint density at radius 2 is 2.13 bits per heavy atom. The topological polar surface area (TPSA) is 50.8 Å². The molecule has 1 fully saturated rings. The first-order chi connectivity index (χ1) is 11.2. The third-order valence-corrected chi connectivity index (χ3v) is 4.80. The van der Waals surface area contributed by atoms with E-state index in [0.717, 1.165) is 43.9 Å². The first-order valence-electron chi connectivity index (χ1n) is 8.53. The number of fused-ring (bicyclic) bond motifs is 1. The van der Waals surface area contributed by atoms with Crippen LogP contribution < -0.4 is 14.8 Å². The molecule has 1 aromatic carbocycles. The largest absolute Gasteiger partial charge is 0.493 e. The summed E-state index contributed by atoms with van der Waals surface area (Å²) in [5, 5.41) is 3.71. The maximum absolute atomic E-state index is 11.7. The summed E-state index contributed by atoms with van der Waals surface area (Å²) in [6.45, 7) is 4.32. The van der Waals surface area contributed by atoms with Crippen LogP contribution in [0, 0.1) is 0 Å². The maximum Gasteiger partial charge on any atom is 0.222 e. The molecular weight excluding hydrogens is 292 g/mol. The minimum atomic E-state index is 0.269. The number of carbonyl (C=O) groups excluding carboxylic acids is 1. The number of hydrogen-bond donors (Lipinski definition) is 1. The third kappa shape index (κ3) is 3.61. The van der Waals surface area contributed by atoms with Gasteiger partial charge in [-0.2, -0.15) is 0 Å². The lowest BCUT2D eigenvalue weighted by molar-refractivity contribution is -0.132. The Morgan fingerprint density at radius 1 is 1.35 bits per heavy atom. The summed E-state index contributed by atoms with van der Waals surface area (Å²) in [6, 6.07) is 6.85. The Kier molecular flexibility index (Phi) is 5.06. The molecule has 1 N–H and O–H groups in total. The molecule has 1 saturated heterocycles. The van der Waals surface area contributed by atoms with Crippen molar-refractivity contribution in [3.8, 4) is 11.5 Å². The molecule has 0 spiro atoms. The second kappa shape index (κ2) is 7.21. The molecule has 2 heterocycles. The zero-order valence-electron chi connectivity index (χ0n) is 14.0. The Morgan fingerprint density at radius 3 is 2.83 bits per heavy atom. The van der Waals surface area contributed by atoms with E-state index < -0.39 is 0 Å². The van der Waals surface area contributed by atoms with E-state index in [1.165, 1.54) is 5.56 Å². The monoisotopic (exact) mass is 318 g/mol. The highest BCUT2D eigenvalue weighted by Gasteiger charge is 2.27. The summed E-state index contributed by atoms with van der Waals surface area (Å²) in [4.78, 5) is 13.7. The van der Waals surface area contributed by atoms with Crippen LogP contribution in [0.25, 0.3) is 0 Å². The summed E-state index contributed by atoms with van der Waals surface area (Å²) in [5.74, 6) is 1.97. The van der Waals surface area contributed by atoms with Crippen molar-refractivity contribution in [2.24, 2.45) is 0 Å². The number of ether oxygens (including phenoxy) is 2. The average Bonchev–Trinajstić information content (AvgIpc) is 2.61. The van der Waals surface area contributed by atoms with Gasteiger partial charge in [0.05, 0.1) is 7.11 Å². The number of amides is 1. The van der Waals surface area contributed by atoms with E-state index in [2.05, 4.69) is 11.4 Å². The smallest absolute Gasteiger partial charge is 0.222 e. The summed E-state index contributed by atoms with van der Waals surface area (Å²) >= 11 is 0. The highest BCUT2D eigenvalue weighted by molar-refractivity contribution is 5.75. The van der Waals surface area contributed by atoms with Crippen LogP contribution in [0.2, 0.25) is 0 Å². The Labute approximate surface area is 137 Å². The molecule has 5 heteroatoms. The molecule has 2 aliphatic rings. The molecule has 0 aromatic heterocycles. The number of carbonyl (C=O) groups is 1. The van der Waals surface area contributed by atoms with Crippen molar-refractivity contribution >= 4 is 5.91 Å². The van der Waals surface area contributed by atoms with Gasteiger partial charge in [0.25, 0.3) is 0 Å². The van der Waals surface area contributed by atoms with Crippen LogP contribution in [-0.2, 0) is 11.2 Å². The summed E-state index contributed by atoms with van der Waals surface area (Å²) in [7, 11) is 1.68. The molecule has 23 heavy (non-hydrogen) atoms. The molecule has 5 nitrogen and oxygen atoms in total. The van der Waals surface area contributed by atoms with Gasteiger partial charge in [-0.3, -0.25) is 4.79 Å². The van der Waals surface area contributed by atoms with E-state index in [1.807, 2.05) is 24.0 Å². The van der Waals surface area contributed by atoms with Gasteiger partial charge in [0.2, 0.25) is 5.91 Å². The maximum atomic E-state index is 11.7. The van der Waals surface area contributed by atoms with Gasteiger partial charge in [-0.25, -0.2) is 0 Å². The van der Waals surface area contributed by atoms with E-state index >= 15 is 0 Å². The minimum absolute atomic E-state index is 0.269. The fourth-order valence-corrected chi connectivity index (χ4v) is 3.51. The average molecular weight is 318 g/mol. The third-order valence-electron chi connectivity index (χ3n) is 4.80. The van der Waals surface area contributed by atoms with Crippen LogP contribution in [-0.4, -0.2) is 49.7 Å². The van der Waals surface area contributed by atoms with Gasteiger partial charge in [0, 0.05) is 31.6 Å².